The maximum absolute atomic E-state index is 12.0. The van der Waals surface area contributed by atoms with E-state index in [1.165, 1.54) is 7.05 Å². The first kappa shape index (κ1) is 13.2. The number of amides is 2. The molecule has 0 radical (unpaired) electrons. The van der Waals surface area contributed by atoms with E-state index in [9.17, 15) is 9.59 Å². The smallest absolute Gasteiger partial charge is 0.261 e. The van der Waals surface area contributed by atoms with Gasteiger partial charge in [-0.05, 0) is 25.1 Å². The molecule has 0 saturated heterocycles. The summed E-state index contributed by atoms with van der Waals surface area (Å²) in [6, 6.07) is 5.03. The van der Waals surface area contributed by atoms with Gasteiger partial charge in [-0.25, -0.2) is 0 Å². The van der Waals surface area contributed by atoms with Crippen LogP contribution in [0.3, 0.4) is 0 Å². The van der Waals surface area contributed by atoms with Crippen LogP contribution in [0.4, 0.5) is 17.2 Å². The van der Waals surface area contributed by atoms with E-state index in [0.717, 1.165) is 10.6 Å². The van der Waals surface area contributed by atoms with E-state index in [-0.39, 0.29) is 11.8 Å². The average molecular weight is 285 g/mol. The highest BCUT2D eigenvalue weighted by atomic mass is 16.2. The minimum absolute atomic E-state index is 0.280. The molecule has 7 heteroatoms. The van der Waals surface area contributed by atoms with E-state index in [2.05, 4.69) is 10.4 Å². The van der Waals surface area contributed by atoms with Crippen LogP contribution in [-0.2, 0) is 7.05 Å². The summed E-state index contributed by atoms with van der Waals surface area (Å²) in [5.41, 5.74) is 8.74. The Bertz CT molecular complexity index is 778. The van der Waals surface area contributed by atoms with Gasteiger partial charge in [-0.1, -0.05) is 0 Å². The quantitative estimate of drug-likeness (QED) is 0.811. The number of nitrogens with two attached hydrogens (primary N) is 1. The standard InChI is InChI=1S/C14H15N5O2/c1-7-11(15)12(19(3)17-7)16-8-4-5-9-10(6-8)14(21)18(2)13(9)20/h4-6,16H,15H2,1-3H3. The molecule has 0 spiro atoms. The van der Waals surface area contributed by atoms with Crippen LogP contribution in [-0.4, -0.2) is 33.5 Å². The van der Waals surface area contributed by atoms with E-state index in [4.69, 9.17) is 5.73 Å². The lowest BCUT2D eigenvalue weighted by atomic mass is 10.1. The van der Waals surface area contributed by atoms with Crippen LogP contribution in [0.2, 0.25) is 0 Å². The van der Waals surface area contributed by atoms with E-state index in [0.29, 0.717) is 28.3 Å². The van der Waals surface area contributed by atoms with Gasteiger partial charge in [0.15, 0.2) is 5.82 Å². The highest BCUT2D eigenvalue weighted by Gasteiger charge is 2.32. The Morgan fingerprint density at radius 2 is 1.81 bits per heavy atom. The molecule has 2 aromatic rings. The lowest BCUT2D eigenvalue weighted by Crippen LogP contribution is -2.24. The Morgan fingerprint density at radius 3 is 2.43 bits per heavy atom. The van der Waals surface area contributed by atoms with Crippen molar-refractivity contribution in [2.24, 2.45) is 7.05 Å². The van der Waals surface area contributed by atoms with E-state index >= 15 is 0 Å². The maximum atomic E-state index is 12.0. The third-order valence-corrected chi connectivity index (χ3v) is 3.62. The van der Waals surface area contributed by atoms with Crippen molar-refractivity contribution in [1.29, 1.82) is 0 Å². The monoisotopic (exact) mass is 285 g/mol. The lowest BCUT2D eigenvalue weighted by Gasteiger charge is -2.08. The fourth-order valence-electron chi connectivity index (χ4n) is 2.40. The maximum Gasteiger partial charge on any atom is 0.261 e. The highest BCUT2D eigenvalue weighted by Crippen LogP contribution is 2.29. The first-order chi connectivity index (χ1) is 9.90. The first-order valence-corrected chi connectivity index (χ1v) is 6.42. The van der Waals surface area contributed by atoms with Gasteiger partial charge in [0.25, 0.3) is 11.8 Å². The van der Waals surface area contributed by atoms with Crippen LogP contribution < -0.4 is 11.1 Å². The van der Waals surface area contributed by atoms with Crippen molar-refractivity contribution in [2.75, 3.05) is 18.1 Å². The molecule has 1 aromatic carbocycles. The molecule has 2 amide bonds. The van der Waals surface area contributed by atoms with Gasteiger partial charge in [-0.15, -0.1) is 0 Å². The van der Waals surface area contributed by atoms with Crippen LogP contribution in [0.5, 0.6) is 0 Å². The number of nitrogens with zero attached hydrogens (tertiary/aromatic N) is 3. The van der Waals surface area contributed by atoms with Gasteiger partial charge in [-0.3, -0.25) is 19.2 Å². The van der Waals surface area contributed by atoms with Crippen molar-refractivity contribution in [3.05, 3.63) is 35.0 Å². The van der Waals surface area contributed by atoms with E-state index in [1.807, 2.05) is 6.92 Å². The zero-order chi connectivity index (χ0) is 15.3. The number of carbonyl (C=O) groups is 2. The fourth-order valence-corrected chi connectivity index (χ4v) is 2.40. The van der Waals surface area contributed by atoms with Gasteiger partial charge < -0.3 is 11.1 Å². The summed E-state index contributed by atoms with van der Waals surface area (Å²) < 4.78 is 1.64. The predicted octanol–water partition coefficient (Wildman–Crippen LogP) is 1.28. The van der Waals surface area contributed by atoms with Gasteiger partial charge in [0.2, 0.25) is 0 Å². The zero-order valence-electron chi connectivity index (χ0n) is 12.0. The summed E-state index contributed by atoms with van der Waals surface area (Å²) >= 11 is 0. The summed E-state index contributed by atoms with van der Waals surface area (Å²) in [5, 5.41) is 7.35. The zero-order valence-corrected chi connectivity index (χ0v) is 12.0. The van der Waals surface area contributed by atoms with Crippen LogP contribution in [0.25, 0.3) is 0 Å². The lowest BCUT2D eigenvalue weighted by molar-refractivity contribution is 0.0693. The molecule has 1 aliphatic heterocycles. The highest BCUT2D eigenvalue weighted by molar-refractivity contribution is 6.21. The summed E-state index contributed by atoms with van der Waals surface area (Å²) in [5.74, 6) is 0.0721. The number of imide groups is 1. The molecule has 0 bridgehead atoms. The average Bonchev–Trinajstić information content (AvgIpc) is 2.82. The van der Waals surface area contributed by atoms with Crippen LogP contribution >= 0.6 is 0 Å². The summed E-state index contributed by atoms with van der Waals surface area (Å²) in [4.78, 5) is 24.9. The molecule has 7 nitrogen and oxygen atoms in total. The number of aromatic nitrogens is 2. The molecular weight excluding hydrogens is 270 g/mol. The second-order valence-electron chi connectivity index (χ2n) is 5.03. The fraction of sp³-hybridized carbons (Fsp3) is 0.214. The number of nitrogen functional groups attached to an aromatic ring is 1. The number of carbonyl (C=O) groups excluding carboxylic acids is 2. The molecule has 0 aliphatic carbocycles. The van der Waals surface area contributed by atoms with Gasteiger partial charge in [-0.2, -0.15) is 5.10 Å². The van der Waals surface area contributed by atoms with E-state index in [1.54, 1.807) is 29.9 Å². The topological polar surface area (TPSA) is 93.2 Å². The normalized spacial score (nSPS) is 13.8. The van der Waals surface area contributed by atoms with Crippen molar-refractivity contribution in [1.82, 2.24) is 14.7 Å². The Morgan fingerprint density at radius 1 is 1.14 bits per heavy atom. The van der Waals surface area contributed by atoms with Crippen LogP contribution in [0.1, 0.15) is 26.4 Å². The number of rotatable bonds is 2. The van der Waals surface area contributed by atoms with Crippen molar-refractivity contribution in [3.8, 4) is 0 Å². The third-order valence-electron chi connectivity index (χ3n) is 3.62. The number of benzene rings is 1. The van der Waals surface area contributed by atoms with Crippen LogP contribution in [0, 0.1) is 6.92 Å². The number of fused-ring (bicyclic) bond motifs is 1. The number of nitrogens with one attached hydrogen (secondary N) is 1. The van der Waals surface area contributed by atoms with E-state index < -0.39 is 0 Å². The molecule has 2 heterocycles. The molecule has 1 aliphatic rings. The van der Waals surface area contributed by atoms with Gasteiger partial charge in [0, 0.05) is 19.8 Å². The second-order valence-corrected chi connectivity index (χ2v) is 5.03. The van der Waals surface area contributed by atoms with Gasteiger partial charge >= 0.3 is 0 Å². The molecule has 1 aromatic heterocycles. The minimum atomic E-state index is -0.298. The molecule has 0 atom stereocenters. The molecule has 3 rings (SSSR count). The Hall–Kier alpha value is -2.83. The number of hydrogen-bond donors (Lipinski definition) is 2. The number of hydrogen-bond acceptors (Lipinski definition) is 5. The third kappa shape index (κ3) is 1.85. The predicted molar refractivity (Wildman–Crippen MR) is 78.5 cm³/mol. The Balaban J connectivity index is 2.00. The largest absolute Gasteiger partial charge is 0.394 e. The van der Waals surface area contributed by atoms with Crippen molar-refractivity contribution in [3.63, 3.8) is 0 Å². The molecular formula is C14H15N5O2. The molecule has 3 N–H and O–H groups in total. The SMILES string of the molecule is Cc1nn(C)c(Nc2ccc3c(c2)C(=O)N(C)C3=O)c1N. The van der Waals surface area contributed by atoms with Crippen molar-refractivity contribution >= 4 is 29.0 Å². The number of anilines is 3. The molecule has 0 unspecified atom stereocenters. The van der Waals surface area contributed by atoms with Crippen molar-refractivity contribution < 1.29 is 9.59 Å². The molecule has 21 heavy (non-hydrogen) atoms. The summed E-state index contributed by atoms with van der Waals surface area (Å²) in [6.07, 6.45) is 0. The first-order valence-electron chi connectivity index (χ1n) is 6.42. The number of aryl methyl sites for hydroxylation is 2. The Labute approximate surface area is 121 Å². The minimum Gasteiger partial charge on any atom is -0.394 e. The molecule has 108 valence electrons. The second kappa shape index (κ2) is 4.34. The molecule has 0 fully saturated rings. The van der Waals surface area contributed by atoms with Gasteiger partial charge in [0.05, 0.1) is 22.5 Å². The summed E-state index contributed by atoms with van der Waals surface area (Å²) in [7, 11) is 3.25. The summed E-state index contributed by atoms with van der Waals surface area (Å²) in [6.45, 7) is 1.82. The molecule has 0 saturated carbocycles. The van der Waals surface area contributed by atoms with Gasteiger partial charge in [0.1, 0.15) is 0 Å². The van der Waals surface area contributed by atoms with Crippen molar-refractivity contribution in [2.45, 2.75) is 6.92 Å². The Kier molecular flexibility index (Phi) is 2.72. The van der Waals surface area contributed by atoms with Crippen LogP contribution in [0.15, 0.2) is 18.2 Å².